The fourth-order valence-electron chi connectivity index (χ4n) is 4.42. The molecule has 0 fully saturated rings. The van der Waals surface area contributed by atoms with Gasteiger partial charge in [-0.05, 0) is 70.3 Å². The Labute approximate surface area is 193 Å². The number of aromatic nitrogens is 2. The molecule has 1 unspecified atom stereocenters. The standard InChI is InChI=1S/C25H32N4O2S/c1-5-28(6-2)15-21-27-24-22(19-9-7-8-10-20(19)32-24)25(31)29(21)17(4)23(30)26-18-13-11-16(3)12-14-18/h11-14,17H,5-10,15H2,1-4H3,(H,26,30). The number of anilines is 1. The fraction of sp³-hybridized carbons (Fsp3) is 0.480. The quantitative estimate of drug-likeness (QED) is 0.565. The van der Waals surface area contributed by atoms with Crippen molar-refractivity contribution in [3.05, 3.63) is 56.4 Å². The van der Waals surface area contributed by atoms with Crippen LogP contribution in [-0.4, -0.2) is 33.4 Å². The Bertz CT molecular complexity index is 1180. The molecular weight excluding hydrogens is 420 g/mol. The van der Waals surface area contributed by atoms with Crippen molar-refractivity contribution in [2.45, 2.75) is 66.0 Å². The predicted octanol–water partition coefficient (Wildman–Crippen LogP) is 4.69. The summed E-state index contributed by atoms with van der Waals surface area (Å²) in [6, 6.07) is 7.03. The number of rotatable bonds is 7. The van der Waals surface area contributed by atoms with E-state index in [1.165, 1.54) is 4.88 Å². The SMILES string of the molecule is CCN(CC)Cc1nc2sc3c(c2c(=O)n1C(C)C(=O)Nc1ccc(C)cc1)CCCC3. The van der Waals surface area contributed by atoms with Crippen LogP contribution in [0.2, 0.25) is 0 Å². The van der Waals surface area contributed by atoms with Gasteiger partial charge in [-0.2, -0.15) is 0 Å². The first-order chi connectivity index (χ1) is 15.4. The number of benzene rings is 1. The molecule has 0 saturated heterocycles. The number of nitrogens with zero attached hydrogens (tertiary/aromatic N) is 3. The maximum atomic E-state index is 13.8. The van der Waals surface area contributed by atoms with Crippen LogP contribution in [-0.2, 0) is 24.2 Å². The lowest BCUT2D eigenvalue weighted by atomic mass is 9.97. The zero-order valence-electron chi connectivity index (χ0n) is 19.4. The molecular formula is C25H32N4O2S. The first-order valence-corrected chi connectivity index (χ1v) is 12.4. The summed E-state index contributed by atoms with van der Waals surface area (Å²) in [6.07, 6.45) is 4.20. The van der Waals surface area contributed by atoms with Gasteiger partial charge in [0.15, 0.2) is 0 Å². The first kappa shape index (κ1) is 22.7. The lowest BCUT2D eigenvalue weighted by molar-refractivity contribution is -0.119. The van der Waals surface area contributed by atoms with E-state index in [1.807, 2.05) is 31.2 Å². The third kappa shape index (κ3) is 4.36. The summed E-state index contributed by atoms with van der Waals surface area (Å²) in [5.74, 6) is 0.457. The van der Waals surface area contributed by atoms with Gasteiger partial charge >= 0.3 is 0 Å². The van der Waals surface area contributed by atoms with E-state index < -0.39 is 6.04 Å². The summed E-state index contributed by atoms with van der Waals surface area (Å²) in [5.41, 5.74) is 2.93. The molecule has 2 aromatic heterocycles. The number of aryl methyl sites for hydroxylation is 3. The van der Waals surface area contributed by atoms with Gasteiger partial charge < -0.3 is 5.32 Å². The maximum absolute atomic E-state index is 13.8. The smallest absolute Gasteiger partial charge is 0.263 e. The van der Waals surface area contributed by atoms with E-state index in [1.54, 1.807) is 22.8 Å². The Hall–Kier alpha value is -2.51. The van der Waals surface area contributed by atoms with Crippen LogP contribution in [0.1, 0.15) is 61.5 Å². The molecule has 4 rings (SSSR count). The minimum Gasteiger partial charge on any atom is -0.324 e. The molecule has 1 aliphatic rings. The number of carbonyl (C=O) groups excluding carboxylic acids is 1. The fourth-order valence-corrected chi connectivity index (χ4v) is 5.69. The highest BCUT2D eigenvalue weighted by molar-refractivity contribution is 7.18. The van der Waals surface area contributed by atoms with Crippen LogP contribution < -0.4 is 10.9 Å². The van der Waals surface area contributed by atoms with Crippen LogP contribution in [0.3, 0.4) is 0 Å². The van der Waals surface area contributed by atoms with Gasteiger partial charge in [0.2, 0.25) is 5.91 Å². The van der Waals surface area contributed by atoms with Gasteiger partial charge in [-0.25, -0.2) is 4.98 Å². The van der Waals surface area contributed by atoms with E-state index in [-0.39, 0.29) is 11.5 Å². The second-order valence-corrected chi connectivity index (χ2v) is 9.67. The van der Waals surface area contributed by atoms with Crippen molar-refractivity contribution in [2.24, 2.45) is 0 Å². The number of fused-ring (bicyclic) bond motifs is 3. The largest absolute Gasteiger partial charge is 0.324 e. The molecule has 0 radical (unpaired) electrons. The lowest BCUT2D eigenvalue weighted by Crippen LogP contribution is -2.37. The second kappa shape index (κ2) is 9.55. The Morgan fingerprint density at radius 1 is 1.19 bits per heavy atom. The molecule has 0 bridgehead atoms. The molecule has 3 aromatic rings. The number of hydrogen-bond acceptors (Lipinski definition) is 5. The molecule has 1 amide bonds. The Morgan fingerprint density at radius 3 is 2.56 bits per heavy atom. The number of amides is 1. The van der Waals surface area contributed by atoms with Crippen molar-refractivity contribution < 1.29 is 4.79 Å². The van der Waals surface area contributed by atoms with Crippen LogP contribution in [0, 0.1) is 6.92 Å². The molecule has 2 heterocycles. The van der Waals surface area contributed by atoms with Gasteiger partial charge in [0.25, 0.3) is 5.56 Å². The maximum Gasteiger partial charge on any atom is 0.263 e. The number of thiophene rings is 1. The van der Waals surface area contributed by atoms with E-state index in [0.717, 1.165) is 65.8 Å². The van der Waals surface area contributed by atoms with Gasteiger partial charge in [0.05, 0.1) is 11.9 Å². The van der Waals surface area contributed by atoms with Crippen LogP contribution in [0.15, 0.2) is 29.1 Å². The number of hydrogen-bond donors (Lipinski definition) is 1. The highest BCUT2D eigenvalue weighted by Gasteiger charge is 2.27. The molecule has 1 aliphatic carbocycles. The molecule has 0 aliphatic heterocycles. The minimum atomic E-state index is -0.662. The van der Waals surface area contributed by atoms with Crippen LogP contribution >= 0.6 is 11.3 Å². The first-order valence-electron chi connectivity index (χ1n) is 11.6. The summed E-state index contributed by atoms with van der Waals surface area (Å²) < 4.78 is 1.63. The summed E-state index contributed by atoms with van der Waals surface area (Å²) >= 11 is 1.66. The van der Waals surface area contributed by atoms with Crippen LogP contribution in [0.5, 0.6) is 0 Å². The summed E-state index contributed by atoms with van der Waals surface area (Å²) in [5, 5.41) is 3.69. The third-order valence-electron chi connectivity index (χ3n) is 6.44. The van der Waals surface area contributed by atoms with E-state index >= 15 is 0 Å². The highest BCUT2D eigenvalue weighted by Crippen LogP contribution is 2.34. The number of carbonyl (C=O) groups is 1. The molecule has 0 spiro atoms. The molecule has 32 heavy (non-hydrogen) atoms. The van der Waals surface area contributed by atoms with Crippen molar-refractivity contribution in [3.63, 3.8) is 0 Å². The van der Waals surface area contributed by atoms with Crippen molar-refractivity contribution in [1.82, 2.24) is 14.5 Å². The Balaban J connectivity index is 1.79. The molecule has 0 saturated carbocycles. The normalized spacial score (nSPS) is 14.5. The van der Waals surface area contributed by atoms with Gasteiger partial charge in [-0.15, -0.1) is 11.3 Å². The average Bonchev–Trinajstić information content (AvgIpc) is 3.17. The summed E-state index contributed by atoms with van der Waals surface area (Å²) in [7, 11) is 0. The summed E-state index contributed by atoms with van der Waals surface area (Å²) in [4.78, 5) is 36.3. The van der Waals surface area contributed by atoms with Gasteiger partial charge in [-0.3, -0.25) is 19.1 Å². The Morgan fingerprint density at radius 2 is 1.88 bits per heavy atom. The molecule has 6 nitrogen and oxygen atoms in total. The molecule has 1 aromatic carbocycles. The van der Waals surface area contributed by atoms with E-state index in [2.05, 4.69) is 24.1 Å². The van der Waals surface area contributed by atoms with E-state index in [9.17, 15) is 9.59 Å². The van der Waals surface area contributed by atoms with Gasteiger partial charge in [0, 0.05) is 10.6 Å². The molecule has 1 atom stereocenters. The van der Waals surface area contributed by atoms with E-state index in [4.69, 9.17) is 4.98 Å². The monoisotopic (exact) mass is 452 g/mol. The minimum absolute atomic E-state index is 0.0805. The average molecular weight is 453 g/mol. The molecule has 170 valence electrons. The van der Waals surface area contributed by atoms with Crippen molar-refractivity contribution >= 4 is 33.1 Å². The van der Waals surface area contributed by atoms with Gasteiger partial charge in [-0.1, -0.05) is 31.5 Å². The van der Waals surface area contributed by atoms with Crippen molar-refractivity contribution in [2.75, 3.05) is 18.4 Å². The zero-order chi connectivity index (χ0) is 22.8. The van der Waals surface area contributed by atoms with E-state index in [0.29, 0.717) is 12.4 Å². The topological polar surface area (TPSA) is 67.2 Å². The van der Waals surface area contributed by atoms with Crippen LogP contribution in [0.25, 0.3) is 10.2 Å². The third-order valence-corrected chi connectivity index (χ3v) is 7.63. The lowest BCUT2D eigenvalue weighted by Gasteiger charge is -2.23. The van der Waals surface area contributed by atoms with Crippen molar-refractivity contribution in [3.8, 4) is 0 Å². The molecule has 1 N–H and O–H groups in total. The molecule has 7 heteroatoms. The summed E-state index contributed by atoms with van der Waals surface area (Å²) in [6.45, 7) is 10.3. The highest BCUT2D eigenvalue weighted by atomic mass is 32.1. The number of nitrogens with one attached hydrogen (secondary N) is 1. The Kier molecular flexibility index (Phi) is 6.76. The van der Waals surface area contributed by atoms with Crippen molar-refractivity contribution in [1.29, 1.82) is 0 Å². The van der Waals surface area contributed by atoms with Crippen LogP contribution in [0.4, 0.5) is 5.69 Å². The van der Waals surface area contributed by atoms with Gasteiger partial charge in [0.1, 0.15) is 16.7 Å². The second-order valence-electron chi connectivity index (χ2n) is 8.59. The zero-order valence-corrected chi connectivity index (χ0v) is 20.2. The predicted molar refractivity (Wildman–Crippen MR) is 132 cm³/mol.